The molecule has 1 aliphatic heterocycles. The van der Waals surface area contributed by atoms with E-state index in [-0.39, 0.29) is 11.9 Å². The van der Waals surface area contributed by atoms with E-state index < -0.39 is 0 Å². The third-order valence-electron chi connectivity index (χ3n) is 3.31. The molecule has 1 heterocycles. The first-order valence-electron chi connectivity index (χ1n) is 6.14. The maximum absolute atomic E-state index is 12.2. The summed E-state index contributed by atoms with van der Waals surface area (Å²) in [6.45, 7) is 1.23. The lowest BCUT2D eigenvalue weighted by molar-refractivity contribution is -0.132. The van der Waals surface area contributed by atoms with E-state index in [1.807, 2.05) is 12.1 Å². The summed E-state index contributed by atoms with van der Waals surface area (Å²) in [5.74, 6) is 0.0692. The number of likely N-dealkylation sites (N-methyl/N-ethyl adjacent to an activating group) is 1. The summed E-state index contributed by atoms with van der Waals surface area (Å²) in [6.07, 6.45) is 1.11. The second kappa shape index (κ2) is 5.65. The molecule has 0 aliphatic carbocycles. The Hall–Kier alpha value is -1.86. The Labute approximate surface area is 107 Å². The Balaban J connectivity index is 2.00. The molecule has 0 bridgehead atoms. The molecule has 1 N–H and O–H groups in total. The van der Waals surface area contributed by atoms with Crippen molar-refractivity contribution < 1.29 is 4.79 Å². The van der Waals surface area contributed by atoms with Crippen molar-refractivity contribution in [1.29, 1.82) is 5.26 Å². The highest BCUT2D eigenvalue weighted by molar-refractivity contribution is 5.82. The van der Waals surface area contributed by atoms with Crippen LogP contribution in [-0.2, 0) is 17.8 Å². The minimum atomic E-state index is -0.163. The van der Waals surface area contributed by atoms with E-state index in [4.69, 9.17) is 5.26 Å². The van der Waals surface area contributed by atoms with Crippen LogP contribution < -0.4 is 5.32 Å². The summed E-state index contributed by atoms with van der Waals surface area (Å²) in [6, 6.07) is 10.1. The quantitative estimate of drug-likeness (QED) is 0.864. The molecular weight excluding hydrogens is 226 g/mol. The van der Waals surface area contributed by atoms with Gasteiger partial charge in [0.15, 0.2) is 0 Å². The van der Waals surface area contributed by atoms with Crippen LogP contribution in [0.4, 0.5) is 0 Å². The zero-order valence-corrected chi connectivity index (χ0v) is 10.5. The van der Waals surface area contributed by atoms with Crippen LogP contribution >= 0.6 is 0 Å². The molecule has 94 valence electrons. The molecule has 1 aromatic rings. The van der Waals surface area contributed by atoms with Crippen molar-refractivity contribution in [2.24, 2.45) is 0 Å². The van der Waals surface area contributed by atoms with E-state index >= 15 is 0 Å². The Kier molecular flexibility index (Phi) is 3.96. The van der Waals surface area contributed by atoms with E-state index in [9.17, 15) is 4.79 Å². The van der Waals surface area contributed by atoms with Gasteiger partial charge >= 0.3 is 0 Å². The topological polar surface area (TPSA) is 56.1 Å². The smallest absolute Gasteiger partial charge is 0.239 e. The van der Waals surface area contributed by atoms with Crippen LogP contribution in [0.2, 0.25) is 0 Å². The number of hydrogen-bond acceptors (Lipinski definition) is 3. The van der Waals surface area contributed by atoms with Crippen molar-refractivity contribution in [3.8, 4) is 6.07 Å². The normalized spacial score (nSPS) is 17.7. The minimum Gasteiger partial charge on any atom is -0.343 e. The first-order chi connectivity index (χ1) is 8.72. The van der Waals surface area contributed by atoms with Gasteiger partial charge in [0.05, 0.1) is 18.5 Å². The summed E-state index contributed by atoms with van der Waals surface area (Å²) < 4.78 is 0. The maximum Gasteiger partial charge on any atom is 0.239 e. The molecule has 0 radical (unpaired) electrons. The van der Waals surface area contributed by atoms with Gasteiger partial charge in [-0.05, 0) is 17.5 Å². The van der Waals surface area contributed by atoms with Gasteiger partial charge in [-0.25, -0.2) is 0 Å². The van der Waals surface area contributed by atoms with Gasteiger partial charge in [-0.3, -0.25) is 4.79 Å². The van der Waals surface area contributed by atoms with E-state index in [0.717, 1.165) is 13.0 Å². The number of carbonyl (C=O) groups excluding carboxylic acids is 1. The average molecular weight is 243 g/mol. The Bertz CT molecular complexity index is 478. The molecule has 1 aromatic carbocycles. The van der Waals surface area contributed by atoms with Gasteiger partial charge in [0.1, 0.15) is 0 Å². The van der Waals surface area contributed by atoms with Crippen LogP contribution in [0.25, 0.3) is 0 Å². The second-order valence-electron chi connectivity index (χ2n) is 4.57. The van der Waals surface area contributed by atoms with E-state index in [1.54, 1.807) is 11.9 Å². The van der Waals surface area contributed by atoms with Crippen LogP contribution in [-0.4, -0.2) is 30.4 Å². The van der Waals surface area contributed by atoms with Gasteiger partial charge in [0.2, 0.25) is 5.91 Å². The van der Waals surface area contributed by atoms with Crippen molar-refractivity contribution in [2.45, 2.75) is 25.4 Å². The van der Waals surface area contributed by atoms with Gasteiger partial charge in [-0.2, -0.15) is 5.26 Å². The highest BCUT2D eigenvalue weighted by Gasteiger charge is 2.25. The van der Waals surface area contributed by atoms with E-state index in [1.165, 1.54) is 11.1 Å². The van der Waals surface area contributed by atoms with Crippen LogP contribution in [0, 0.1) is 11.3 Å². The minimum absolute atomic E-state index is 0.0692. The molecular formula is C14H17N3O. The number of fused-ring (bicyclic) bond motifs is 1. The molecule has 0 aromatic heterocycles. The van der Waals surface area contributed by atoms with Crippen LogP contribution in [0.1, 0.15) is 17.5 Å². The zero-order valence-electron chi connectivity index (χ0n) is 10.5. The summed E-state index contributed by atoms with van der Waals surface area (Å²) in [5.41, 5.74) is 2.50. The molecule has 0 fully saturated rings. The van der Waals surface area contributed by atoms with Gasteiger partial charge in [0.25, 0.3) is 0 Å². The maximum atomic E-state index is 12.2. The monoisotopic (exact) mass is 243 g/mol. The lowest BCUT2D eigenvalue weighted by Crippen LogP contribution is -2.48. The number of nitrogens with one attached hydrogen (secondary N) is 1. The fourth-order valence-corrected chi connectivity index (χ4v) is 2.22. The van der Waals surface area contributed by atoms with Crippen molar-refractivity contribution in [3.05, 3.63) is 35.4 Å². The zero-order chi connectivity index (χ0) is 13.0. The third kappa shape index (κ3) is 2.69. The van der Waals surface area contributed by atoms with Crippen LogP contribution in [0.5, 0.6) is 0 Å². The molecule has 1 amide bonds. The summed E-state index contributed by atoms with van der Waals surface area (Å²) in [7, 11) is 1.75. The Morgan fingerprint density at radius 2 is 2.22 bits per heavy atom. The van der Waals surface area contributed by atoms with E-state index in [2.05, 4.69) is 23.5 Å². The second-order valence-corrected chi connectivity index (χ2v) is 4.57. The number of hydrogen-bond donors (Lipinski definition) is 1. The summed E-state index contributed by atoms with van der Waals surface area (Å²) in [5, 5.41) is 11.8. The Morgan fingerprint density at radius 3 is 2.94 bits per heavy atom. The van der Waals surface area contributed by atoms with Gasteiger partial charge in [0, 0.05) is 20.1 Å². The number of carbonyl (C=O) groups is 1. The fourth-order valence-electron chi connectivity index (χ4n) is 2.22. The molecule has 0 saturated heterocycles. The number of amides is 1. The molecule has 1 aliphatic rings. The third-order valence-corrected chi connectivity index (χ3v) is 3.31. The number of nitrogens with zero attached hydrogens (tertiary/aromatic N) is 2. The molecule has 0 spiro atoms. The van der Waals surface area contributed by atoms with Crippen LogP contribution in [0.3, 0.4) is 0 Å². The van der Waals surface area contributed by atoms with Crippen molar-refractivity contribution in [2.75, 3.05) is 13.6 Å². The molecule has 0 saturated carbocycles. The fraction of sp³-hybridized carbons (Fsp3) is 0.429. The molecule has 4 nitrogen and oxygen atoms in total. The van der Waals surface area contributed by atoms with Gasteiger partial charge < -0.3 is 10.2 Å². The SMILES string of the molecule is CN(CCC#N)C(=O)C1Cc2ccccc2CN1. The molecule has 4 heteroatoms. The highest BCUT2D eigenvalue weighted by atomic mass is 16.2. The van der Waals surface area contributed by atoms with Gasteiger partial charge in [-0.15, -0.1) is 0 Å². The standard InChI is InChI=1S/C14H17N3O/c1-17(8-4-7-15)14(18)13-9-11-5-2-3-6-12(11)10-16-13/h2-3,5-6,13,16H,4,8-10H2,1H3. The molecule has 1 unspecified atom stereocenters. The largest absolute Gasteiger partial charge is 0.343 e. The van der Waals surface area contributed by atoms with Gasteiger partial charge in [-0.1, -0.05) is 24.3 Å². The first-order valence-corrected chi connectivity index (χ1v) is 6.14. The Morgan fingerprint density at radius 1 is 1.50 bits per heavy atom. The highest BCUT2D eigenvalue weighted by Crippen LogP contribution is 2.17. The van der Waals surface area contributed by atoms with Crippen molar-refractivity contribution in [1.82, 2.24) is 10.2 Å². The lowest BCUT2D eigenvalue weighted by Gasteiger charge is -2.28. The average Bonchev–Trinajstić information content (AvgIpc) is 2.43. The predicted octanol–water partition coefficient (Wildman–Crippen LogP) is 1.07. The summed E-state index contributed by atoms with van der Waals surface area (Å²) >= 11 is 0. The number of nitriles is 1. The number of rotatable bonds is 3. The predicted molar refractivity (Wildman–Crippen MR) is 68.6 cm³/mol. The lowest BCUT2D eigenvalue weighted by atomic mass is 9.95. The van der Waals surface area contributed by atoms with E-state index in [0.29, 0.717) is 13.0 Å². The first kappa shape index (κ1) is 12.6. The molecule has 1 atom stereocenters. The van der Waals surface area contributed by atoms with Crippen LogP contribution in [0.15, 0.2) is 24.3 Å². The summed E-state index contributed by atoms with van der Waals surface area (Å²) in [4.78, 5) is 13.8. The molecule has 2 rings (SSSR count). The molecule has 18 heavy (non-hydrogen) atoms. The van der Waals surface area contributed by atoms with Crippen molar-refractivity contribution >= 4 is 5.91 Å². The number of benzene rings is 1. The van der Waals surface area contributed by atoms with Crippen molar-refractivity contribution in [3.63, 3.8) is 0 Å².